The van der Waals surface area contributed by atoms with Crippen LogP contribution >= 0.6 is 15.9 Å². The van der Waals surface area contributed by atoms with E-state index >= 15 is 0 Å². The Balaban J connectivity index is 2.09. The van der Waals surface area contributed by atoms with Crippen molar-refractivity contribution in [2.75, 3.05) is 11.9 Å². The van der Waals surface area contributed by atoms with Crippen LogP contribution in [0.15, 0.2) is 45.8 Å². The molecule has 0 saturated heterocycles. The Bertz CT molecular complexity index is 704. The molecule has 1 heterocycles. The second-order valence-corrected chi connectivity index (χ2v) is 5.52. The summed E-state index contributed by atoms with van der Waals surface area (Å²) in [4.78, 5) is 12.0. The van der Waals surface area contributed by atoms with E-state index in [2.05, 4.69) is 51.3 Å². The number of hydrogen-bond donors (Lipinski definition) is 1. The van der Waals surface area contributed by atoms with Crippen LogP contribution in [0.1, 0.15) is 18.4 Å². The first-order chi connectivity index (χ1) is 10.1. The highest BCUT2D eigenvalue weighted by molar-refractivity contribution is 9.10. The molecule has 21 heavy (non-hydrogen) atoms. The van der Waals surface area contributed by atoms with Crippen LogP contribution in [0.4, 0.5) is 5.69 Å². The highest BCUT2D eigenvalue weighted by Gasteiger charge is 2.10. The lowest BCUT2D eigenvalue weighted by atomic mass is 10.0. The van der Waals surface area contributed by atoms with Gasteiger partial charge in [-0.2, -0.15) is 5.10 Å². The van der Waals surface area contributed by atoms with Crippen LogP contribution in [-0.2, 0) is 6.54 Å². The van der Waals surface area contributed by atoms with E-state index in [4.69, 9.17) is 6.42 Å². The first kappa shape index (κ1) is 15.3. The Morgan fingerprint density at radius 1 is 1.43 bits per heavy atom. The summed E-state index contributed by atoms with van der Waals surface area (Å²) in [6.07, 6.45) is 6.81. The molecule has 0 aliphatic rings. The number of terminal acetylenes is 1. The van der Waals surface area contributed by atoms with Gasteiger partial charge in [-0.15, -0.1) is 6.42 Å². The van der Waals surface area contributed by atoms with Crippen molar-refractivity contribution in [3.63, 3.8) is 0 Å². The highest BCUT2D eigenvalue weighted by atomic mass is 79.9. The third-order valence-electron chi connectivity index (χ3n) is 3.19. The number of nitrogens with one attached hydrogen (secondary N) is 1. The Morgan fingerprint density at radius 3 is 2.81 bits per heavy atom. The summed E-state index contributed by atoms with van der Waals surface area (Å²) < 4.78 is 1.70. The summed E-state index contributed by atoms with van der Waals surface area (Å²) in [5.41, 5.74) is 1.69. The summed E-state index contributed by atoms with van der Waals surface area (Å²) >= 11 is 3.30. The second kappa shape index (κ2) is 7.09. The maximum absolute atomic E-state index is 12.0. The van der Waals surface area contributed by atoms with Crippen molar-refractivity contribution in [2.45, 2.75) is 19.4 Å². The largest absolute Gasteiger partial charge is 0.382 e. The van der Waals surface area contributed by atoms with Crippen LogP contribution < -0.4 is 10.9 Å². The van der Waals surface area contributed by atoms with Gasteiger partial charge in [0, 0.05) is 6.54 Å². The Hall–Kier alpha value is -2.06. The fraction of sp³-hybridized carbons (Fsp3) is 0.250. The van der Waals surface area contributed by atoms with E-state index in [1.54, 1.807) is 6.20 Å². The van der Waals surface area contributed by atoms with Gasteiger partial charge in [-0.1, -0.05) is 43.2 Å². The molecule has 0 saturated carbocycles. The Morgan fingerprint density at radius 2 is 2.14 bits per heavy atom. The van der Waals surface area contributed by atoms with Crippen molar-refractivity contribution in [1.29, 1.82) is 0 Å². The lowest BCUT2D eigenvalue weighted by molar-refractivity contribution is 0.658. The Labute approximate surface area is 132 Å². The molecule has 5 heteroatoms. The number of rotatable bonds is 5. The minimum Gasteiger partial charge on any atom is -0.382 e. The summed E-state index contributed by atoms with van der Waals surface area (Å²) in [6, 6.07) is 10.2. The molecule has 0 amide bonds. The van der Waals surface area contributed by atoms with Gasteiger partial charge < -0.3 is 5.32 Å². The van der Waals surface area contributed by atoms with Gasteiger partial charge in [0.1, 0.15) is 11.0 Å². The molecule has 0 radical (unpaired) electrons. The quantitative estimate of drug-likeness (QED) is 0.847. The number of anilines is 1. The summed E-state index contributed by atoms with van der Waals surface area (Å²) in [5, 5.41) is 7.30. The normalized spacial score (nSPS) is 11.7. The number of nitrogens with zero attached hydrogens (tertiary/aromatic N) is 2. The first-order valence-corrected chi connectivity index (χ1v) is 7.40. The lowest BCUT2D eigenvalue weighted by Crippen LogP contribution is -2.24. The first-order valence-electron chi connectivity index (χ1n) is 6.61. The SMILES string of the molecule is C#CCn1ncc(NCC(C)c2ccccc2)c(Br)c1=O. The summed E-state index contributed by atoms with van der Waals surface area (Å²) in [6.45, 7) is 3.00. The van der Waals surface area contributed by atoms with Crippen molar-refractivity contribution in [2.24, 2.45) is 0 Å². The second-order valence-electron chi connectivity index (χ2n) is 4.73. The average Bonchev–Trinajstić information content (AvgIpc) is 2.52. The topological polar surface area (TPSA) is 46.9 Å². The van der Waals surface area contributed by atoms with Gasteiger partial charge in [0.2, 0.25) is 0 Å². The predicted octanol–water partition coefficient (Wildman–Crippen LogP) is 2.85. The zero-order valence-corrected chi connectivity index (χ0v) is 13.3. The van der Waals surface area contributed by atoms with Crippen LogP contribution in [0.2, 0.25) is 0 Å². The minimum atomic E-state index is -0.231. The van der Waals surface area contributed by atoms with E-state index in [0.29, 0.717) is 22.6 Å². The monoisotopic (exact) mass is 345 g/mol. The highest BCUT2D eigenvalue weighted by Crippen LogP contribution is 2.19. The number of aromatic nitrogens is 2. The van der Waals surface area contributed by atoms with E-state index in [9.17, 15) is 4.79 Å². The summed E-state index contributed by atoms with van der Waals surface area (Å²) in [5.74, 6) is 2.73. The third kappa shape index (κ3) is 3.73. The molecule has 4 nitrogen and oxygen atoms in total. The maximum atomic E-state index is 12.0. The van der Waals surface area contributed by atoms with Crippen molar-refractivity contribution >= 4 is 21.6 Å². The molecule has 1 aromatic heterocycles. The Kier molecular flexibility index (Phi) is 5.18. The van der Waals surface area contributed by atoms with Gasteiger partial charge in [0.05, 0.1) is 11.9 Å². The van der Waals surface area contributed by atoms with Crippen LogP contribution in [-0.4, -0.2) is 16.3 Å². The van der Waals surface area contributed by atoms with E-state index < -0.39 is 0 Å². The molecule has 108 valence electrons. The predicted molar refractivity (Wildman–Crippen MR) is 88.4 cm³/mol. The standard InChI is InChI=1S/C16H16BrN3O/c1-3-9-20-16(21)15(17)14(11-19-20)18-10-12(2)13-7-5-4-6-8-13/h1,4-8,11-12,18H,9-10H2,2H3. The fourth-order valence-electron chi connectivity index (χ4n) is 1.95. The van der Waals surface area contributed by atoms with Gasteiger partial charge in [-0.25, -0.2) is 4.68 Å². The molecule has 0 spiro atoms. The van der Waals surface area contributed by atoms with E-state index in [0.717, 1.165) is 0 Å². The molecule has 1 N–H and O–H groups in total. The molecular weight excluding hydrogens is 330 g/mol. The minimum absolute atomic E-state index is 0.165. The van der Waals surface area contributed by atoms with Gasteiger partial charge in [0.15, 0.2) is 0 Å². The van der Waals surface area contributed by atoms with Gasteiger partial charge in [-0.05, 0) is 27.4 Å². The number of benzene rings is 1. The van der Waals surface area contributed by atoms with E-state index in [1.165, 1.54) is 10.2 Å². The molecule has 0 aliphatic heterocycles. The molecule has 0 aliphatic carbocycles. The van der Waals surface area contributed by atoms with Crippen molar-refractivity contribution in [1.82, 2.24) is 9.78 Å². The molecule has 1 aromatic carbocycles. The zero-order chi connectivity index (χ0) is 15.2. The fourth-order valence-corrected chi connectivity index (χ4v) is 2.40. The van der Waals surface area contributed by atoms with Gasteiger partial charge in [-0.3, -0.25) is 4.79 Å². The third-order valence-corrected chi connectivity index (χ3v) is 3.96. The van der Waals surface area contributed by atoms with E-state index in [-0.39, 0.29) is 12.1 Å². The van der Waals surface area contributed by atoms with Gasteiger partial charge >= 0.3 is 0 Å². The number of halogens is 1. The van der Waals surface area contributed by atoms with Crippen LogP contribution in [0.5, 0.6) is 0 Å². The van der Waals surface area contributed by atoms with Crippen LogP contribution in [0.3, 0.4) is 0 Å². The van der Waals surface area contributed by atoms with Crippen molar-refractivity contribution < 1.29 is 0 Å². The summed E-state index contributed by atoms with van der Waals surface area (Å²) in [7, 11) is 0. The molecule has 0 bridgehead atoms. The van der Waals surface area contributed by atoms with E-state index in [1.807, 2.05) is 18.2 Å². The molecule has 0 fully saturated rings. The zero-order valence-electron chi connectivity index (χ0n) is 11.7. The van der Waals surface area contributed by atoms with Crippen molar-refractivity contribution in [3.05, 3.63) is 56.9 Å². The van der Waals surface area contributed by atoms with Gasteiger partial charge in [0.25, 0.3) is 5.56 Å². The molecule has 1 unspecified atom stereocenters. The molecular formula is C16H16BrN3O. The average molecular weight is 346 g/mol. The molecule has 2 aromatic rings. The van der Waals surface area contributed by atoms with Crippen LogP contribution in [0.25, 0.3) is 0 Å². The molecule has 1 atom stereocenters. The lowest BCUT2D eigenvalue weighted by Gasteiger charge is -2.15. The number of hydrogen-bond acceptors (Lipinski definition) is 3. The maximum Gasteiger partial charge on any atom is 0.284 e. The van der Waals surface area contributed by atoms with Crippen LogP contribution in [0, 0.1) is 12.3 Å². The van der Waals surface area contributed by atoms with Crippen molar-refractivity contribution in [3.8, 4) is 12.3 Å². The smallest absolute Gasteiger partial charge is 0.284 e. The molecule has 2 rings (SSSR count).